The van der Waals surface area contributed by atoms with Crippen molar-refractivity contribution in [2.45, 2.75) is 51.9 Å². The third-order valence-electron chi connectivity index (χ3n) is 3.19. The van der Waals surface area contributed by atoms with Gasteiger partial charge in [-0.25, -0.2) is 0 Å². The van der Waals surface area contributed by atoms with Crippen LogP contribution in [0.15, 0.2) is 0 Å². The zero-order valence-electron chi connectivity index (χ0n) is 10.6. The van der Waals surface area contributed by atoms with Crippen LogP contribution in [-0.2, 0) is 4.79 Å². The van der Waals surface area contributed by atoms with Crippen molar-refractivity contribution < 1.29 is 4.79 Å². The van der Waals surface area contributed by atoms with Gasteiger partial charge >= 0.3 is 0 Å². The van der Waals surface area contributed by atoms with Gasteiger partial charge in [0, 0.05) is 26.1 Å². The smallest absolute Gasteiger partial charge is 0.222 e. The van der Waals surface area contributed by atoms with E-state index in [0.29, 0.717) is 5.91 Å². The van der Waals surface area contributed by atoms with E-state index in [4.69, 9.17) is 0 Å². The molecular weight excluding hydrogens is 200 g/mol. The summed E-state index contributed by atoms with van der Waals surface area (Å²) in [6, 6.07) is 0. The van der Waals surface area contributed by atoms with Gasteiger partial charge in [0.05, 0.1) is 0 Å². The highest BCUT2D eigenvalue weighted by molar-refractivity contribution is 5.78. The fraction of sp³-hybridized carbons (Fsp3) is 0.923. The van der Waals surface area contributed by atoms with Crippen molar-refractivity contribution in [2.75, 3.05) is 26.2 Å². The summed E-state index contributed by atoms with van der Waals surface area (Å²) in [6.07, 6.45) is 8.46. The molecule has 1 fully saturated rings. The highest BCUT2D eigenvalue weighted by Gasteiger charge is 2.18. The number of amides is 1. The molecule has 0 bridgehead atoms. The number of nitrogens with one attached hydrogen (secondary N) is 1. The molecule has 3 nitrogen and oxygen atoms in total. The number of carbonyl (C=O) groups excluding carboxylic acids is 1. The van der Waals surface area contributed by atoms with Crippen molar-refractivity contribution in [3.63, 3.8) is 0 Å². The second-order valence-electron chi connectivity index (χ2n) is 4.65. The van der Waals surface area contributed by atoms with Crippen LogP contribution >= 0.6 is 0 Å². The summed E-state index contributed by atoms with van der Waals surface area (Å²) in [5.74, 6) is 0.338. The molecule has 0 atom stereocenters. The van der Waals surface area contributed by atoms with Gasteiger partial charge in [-0.2, -0.15) is 0 Å². The van der Waals surface area contributed by atoms with E-state index in [1.165, 1.54) is 32.1 Å². The maximum absolute atomic E-state index is 11.3. The first kappa shape index (κ1) is 13.5. The van der Waals surface area contributed by atoms with Crippen LogP contribution in [0, 0.1) is 0 Å². The quantitative estimate of drug-likeness (QED) is 0.611. The van der Waals surface area contributed by atoms with Gasteiger partial charge in [-0.1, -0.05) is 32.6 Å². The molecule has 16 heavy (non-hydrogen) atoms. The molecule has 0 aromatic heterocycles. The zero-order valence-corrected chi connectivity index (χ0v) is 10.6. The molecule has 0 saturated carbocycles. The van der Waals surface area contributed by atoms with Crippen molar-refractivity contribution in [1.29, 1.82) is 0 Å². The van der Waals surface area contributed by atoms with Crippen molar-refractivity contribution in [2.24, 2.45) is 0 Å². The zero-order chi connectivity index (χ0) is 11.6. The largest absolute Gasteiger partial charge is 0.341 e. The first-order valence-corrected chi connectivity index (χ1v) is 6.83. The van der Waals surface area contributed by atoms with Crippen molar-refractivity contribution in [3.05, 3.63) is 0 Å². The minimum Gasteiger partial charge on any atom is -0.341 e. The van der Waals surface area contributed by atoms with Gasteiger partial charge in [-0.3, -0.25) is 4.79 Å². The number of nitrogens with zero attached hydrogens (tertiary/aromatic N) is 1. The molecule has 0 spiro atoms. The Hall–Kier alpha value is -0.570. The first-order valence-electron chi connectivity index (χ1n) is 6.83. The maximum Gasteiger partial charge on any atom is 0.222 e. The Morgan fingerprint density at radius 1 is 1.19 bits per heavy atom. The number of hydrogen-bond donors (Lipinski definition) is 1. The lowest BCUT2D eigenvalue weighted by Crippen LogP contribution is -2.33. The summed E-state index contributed by atoms with van der Waals surface area (Å²) in [4.78, 5) is 13.3. The Kier molecular flexibility index (Phi) is 7.23. The molecule has 94 valence electrons. The van der Waals surface area contributed by atoms with Crippen LogP contribution in [0.3, 0.4) is 0 Å². The lowest BCUT2D eigenvalue weighted by molar-refractivity contribution is -0.127. The molecule has 1 amide bonds. The second kappa shape index (κ2) is 8.57. The highest BCUT2D eigenvalue weighted by Crippen LogP contribution is 2.07. The Balaban J connectivity index is 1.83. The monoisotopic (exact) mass is 226 g/mol. The van der Waals surface area contributed by atoms with Crippen molar-refractivity contribution in [3.8, 4) is 0 Å². The predicted octanol–water partition coefficient (Wildman–Crippen LogP) is 2.17. The van der Waals surface area contributed by atoms with E-state index < -0.39 is 0 Å². The average molecular weight is 226 g/mol. The molecule has 1 aliphatic heterocycles. The molecule has 0 aromatic carbocycles. The third-order valence-corrected chi connectivity index (χ3v) is 3.19. The molecule has 3 heteroatoms. The highest BCUT2D eigenvalue weighted by atomic mass is 16.2. The van der Waals surface area contributed by atoms with Crippen LogP contribution in [0.25, 0.3) is 0 Å². The molecule has 1 aliphatic rings. The van der Waals surface area contributed by atoms with E-state index in [-0.39, 0.29) is 0 Å². The average Bonchev–Trinajstić information content (AvgIpc) is 2.68. The summed E-state index contributed by atoms with van der Waals surface area (Å²) >= 11 is 0. The van der Waals surface area contributed by atoms with Crippen molar-refractivity contribution in [1.82, 2.24) is 10.2 Å². The molecule has 0 unspecified atom stereocenters. The fourth-order valence-electron chi connectivity index (χ4n) is 2.13. The van der Waals surface area contributed by atoms with E-state index >= 15 is 0 Å². The lowest BCUT2D eigenvalue weighted by Gasteiger charge is -2.15. The lowest BCUT2D eigenvalue weighted by atomic mass is 10.1. The maximum atomic E-state index is 11.3. The summed E-state index contributed by atoms with van der Waals surface area (Å²) < 4.78 is 0. The second-order valence-corrected chi connectivity index (χ2v) is 4.65. The molecule has 1 N–H and O–H groups in total. The molecule has 1 heterocycles. The van der Waals surface area contributed by atoms with E-state index in [1.807, 2.05) is 4.90 Å². The van der Waals surface area contributed by atoms with Gasteiger partial charge in [0.1, 0.15) is 0 Å². The molecule has 0 radical (unpaired) electrons. The number of hydrogen-bond acceptors (Lipinski definition) is 2. The minimum atomic E-state index is 0.338. The summed E-state index contributed by atoms with van der Waals surface area (Å²) in [7, 11) is 0. The third kappa shape index (κ3) is 5.50. The predicted molar refractivity (Wildman–Crippen MR) is 67.4 cm³/mol. The number of rotatable bonds is 9. The van der Waals surface area contributed by atoms with E-state index in [0.717, 1.165) is 39.0 Å². The molecule has 0 aliphatic carbocycles. The topological polar surface area (TPSA) is 32.3 Å². The van der Waals surface area contributed by atoms with Crippen LogP contribution in [-0.4, -0.2) is 37.0 Å². The molecule has 1 saturated heterocycles. The fourth-order valence-corrected chi connectivity index (χ4v) is 2.13. The van der Waals surface area contributed by atoms with E-state index in [1.54, 1.807) is 0 Å². The van der Waals surface area contributed by atoms with Gasteiger partial charge < -0.3 is 10.2 Å². The van der Waals surface area contributed by atoms with Crippen LogP contribution < -0.4 is 5.32 Å². The molecular formula is C13H26N2O. The Bertz CT molecular complexity index is 194. The SMILES string of the molecule is CCCCCCCNCCN1CCCC1=O. The van der Waals surface area contributed by atoms with Gasteiger partial charge in [0.15, 0.2) is 0 Å². The van der Waals surface area contributed by atoms with Gasteiger partial charge in [-0.05, 0) is 19.4 Å². The van der Waals surface area contributed by atoms with Crippen LogP contribution in [0.1, 0.15) is 51.9 Å². The number of carbonyl (C=O) groups is 1. The van der Waals surface area contributed by atoms with Crippen LogP contribution in [0.4, 0.5) is 0 Å². The Morgan fingerprint density at radius 3 is 2.69 bits per heavy atom. The van der Waals surface area contributed by atoms with E-state index in [9.17, 15) is 4.79 Å². The van der Waals surface area contributed by atoms with E-state index in [2.05, 4.69) is 12.2 Å². The van der Waals surface area contributed by atoms with Gasteiger partial charge in [0.2, 0.25) is 5.91 Å². The Morgan fingerprint density at radius 2 is 2.00 bits per heavy atom. The normalized spacial score (nSPS) is 16.1. The first-order chi connectivity index (χ1) is 7.84. The molecule has 0 aromatic rings. The van der Waals surface area contributed by atoms with Crippen LogP contribution in [0.2, 0.25) is 0 Å². The summed E-state index contributed by atoms with van der Waals surface area (Å²) in [5, 5.41) is 3.42. The molecule has 1 rings (SSSR count). The summed E-state index contributed by atoms with van der Waals surface area (Å²) in [6.45, 7) is 6.17. The number of likely N-dealkylation sites (tertiary alicyclic amines) is 1. The standard InChI is InChI=1S/C13H26N2O/c1-2-3-4-5-6-9-14-10-12-15-11-7-8-13(15)16/h14H,2-12H2,1H3. The summed E-state index contributed by atoms with van der Waals surface area (Å²) in [5.41, 5.74) is 0. The van der Waals surface area contributed by atoms with Gasteiger partial charge in [-0.15, -0.1) is 0 Å². The Labute approximate surface area is 99.6 Å². The van der Waals surface area contributed by atoms with Gasteiger partial charge in [0.25, 0.3) is 0 Å². The van der Waals surface area contributed by atoms with Crippen LogP contribution in [0.5, 0.6) is 0 Å². The van der Waals surface area contributed by atoms with Crippen molar-refractivity contribution >= 4 is 5.91 Å². The minimum absolute atomic E-state index is 0.338. The number of unbranched alkanes of at least 4 members (excludes halogenated alkanes) is 4.